The molecule has 0 bridgehead atoms. The summed E-state index contributed by atoms with van der Waals surface area (Å²) in [7, 11) is 2.82. The van der Waals surface area contributed by atoms with Crippen LogP contribution in [0.5, 0.6) is 11.5 Å². The summed E-state index contributed by atoms with van der Waals surface area (Å²) in [6.07, 6.45) is -2.19. The van der Waals surface area contributed by atoms with Crippen molar-refractivity contribution in [1.29, 1.82) is 0 Å². The maximum absolute atomic E-state index is 11.1. The number of nitrogens with zero attached hydrogens (tertiary/aromatic N) is 3. The Labute approximate surface area is 115 Å². The lowest BCUT2D eigenvalue weighted by Crippen LogP contribution is -2.22. The number of rotatable bonds is 7. The number of aliphatic hydroxyl groups excluding tert-OH is 2. The second-order valence-corrected chi connectivity index (χ2v) is 3.88. The van der Waals surface area contributed by atoms with E-state index in [4.69, 9.17) is 15.0 Å². The lowest BCUT2D eigenvalue weighted by atomic mass is 9.98. The van der Waals surface area contributed by atoms with Crippen molar-refractivity contribution in [3.05, 3.63) is 33.7 Å². The molecule has 0 fully saturated rings. The molecule has 0 amide bonds. The Hall–Kier alpha value is -2.28. The highest BCUT2D eigenvalue weighted by molar-refractivity contribution is 5.79. The first kappa shape index (κ1) is 15.8. The third-order valence-electron chi connectivity index (χ3n) is 2.73. The topological polar surface area (TPSA) is 125 Å². The van der Waals surface area contributed by atoms with E-state index in [1.54, 1.807) is 0 Å². The summed E-state index contributed by atoms with van der Waals surface area (Å²) in [5, 5.41) is 22.9. The van der Waals surface area contributed by atoms with E-state index < -0.39 is 12.2 Å². The first-order valence-corrected chi connectivity index (χ1v) is 5.67. The summed E-state index contributed by atoms with van der Waals surface area (Å²) in [5.74, 6) is 0.637. The van der Waals surface area contributed by atoms with Crippen LogP contribution in [0.15, 0.2) is 17.2 Å². The number of methoxy groups -OCH3 is 2. The second-order valence-electron chi connectivity index (χ2n) is 3.88. The van der Waals surface area contributed by atoms with Gasteiger partial charge in [0.2, 0.25) is 0 Å². The lowest BCUT2D eigenvalue weighted by molar-refractivity contribution is 0.0239. The highest BCUT2D eigenvalue weighted by atomic mass is 16.5. The van der Waals surface area contributed by atoms with Crippen LogP contribution in [0.4, 0.5) is 0 Å². The number of carbonyl (C=O) groups is 1. The maximum Gasteiger partial charge on any atom is 0.161 e. The van der Waals surface area contributed by atoms with Gasteiger partial charge in [0.1, 0.15) is 6.10 Å². The Balaban J connectivity index is 3.21. The smallest absolute Gasteiger partial charge is 0.161 e. The number of hydrogen-bond donors (Lipinski definition) is 2. The number of aldehydes is 1. The summed E-state index contributed by atoms with van der Waals surface area (Å²) in [5.41, 5.74) is 8.50. The average molecular weight is 281 g/mol. The van der Waals surface area contributed by atoms with Crippen LogP contribution in [0, 0.1) is 0 Å². The van der Waals surface area contributed by atoms with Crippen LogP contribution < -0.4 is 9.47 Å². The standard InChI is InChI=1S/C12H15N3O5/c1-19-10-3-7(6-16)8(4-11(10)20-2)12(18)9(17)5-14-15-13/h3-4,6,9,12,17-18H,5H2,1-2H3. The fraction of sp³-hybridized carbons (Fsp3) is 0.417. The quantitative estimate of drug-likeness (QED) is 0.336. The Bertz CT molecular complexity index is 528. The van der Waals surface area contributed by atoms with Crippen LogP contribution >= 0.6 is 0 Å². The van der Waals surface area contributed by atoms with Crippen LogP contribution in [-0.2, 0) is 0 Å². The molecular weight excluding hydrogens is 266 g/mol. The van der Waals surface area contributed by atoms with Gasteiger partial charge in [0.25, 0.3) is 0 Å². The van der Waals surface area contributed by atoms with Crippen LogP contribution in [0.1, 0.15) is 22.0 Å². The van der Waals surface area contributed by atoms with Gasteiger partial charge < -0.3 is 19.7 Å². The minimum atomic E-state index is -1.39. The van der Waals surface area contributed by atoms with E-state index in [1.165, 1.54) is 26.4 Å². The van der Waals surface area contributed by atoms with Gasteiger partial charge in [-0.2, -0.15) is 0 Å². The number of hydrogen-bond acceptors (Lipinski definition) is 6. The molecule has 1 aromatic carbocycles. The van der Waals surface area contributed by atoms with Crippen molar-refractivity contribution in [3.63, 3.8) is 0 Å². The van der Waals surface area contributed by atoms with Crippen LogP contribution in [0.25, 0.3) is 10.4 Å². The molecular formula is C12H15N3O5. The third kappa shape index (κ3) is 3.39. The summed E-state index contributed by atoms with van der Waals surface area (Å²) in [6.45, 7) is -0.315. The van der Waals surface area contributed by atoms with Crippen molar-refractivity contribution in [2.45, 2.75) is 12.2 Å². The van der Waals surface area contributed by atoms with Gasteiger partial charge in [-0.15, -0.1) is 0 Å². The first-order valence-electron chi connectivity index (χ1n) is 5.67. The summed E-state index contributed by atoms with van der Waals surface area (Å²) in [6, 6.07) is 2.79. The SMILES string of the molecule is COc1cc(C=O)c(C(O)C(O)CN=[N+]=[N-])cc1OC. The first-order chi connectivity index (χ1) is 9.58. The zero-order valence-electron chi connectivity index (χ0n) is 11.1. The summed E-state index contributed by atoms with van der Waals surface area (Å²) in [4.78, 5) is 13.6. The fourth-order valence-corrected chi connectivity index (χ4v) is 1.70. The third-order valence-corrected chi connectivity index (χ3v) is 2.73. The Morgan fingerprint density at radius 1 is 1.35 bits per heavy atom. The van der Waals surface area contributed by atoms with Gasteiger partial charge in [-0.3, -0.25) is 4.79 Å². The molecule has 1 aromatic rings. The molecule has 2 N–H and O–H groups in total. The van der Waals surface area contributed by atoms with Gasteiger partial charge in [-0.05, 0) is 23.2 Å². The van der Waals surface area contributed by atoms with Gasteiger partial charge in [-0.25, -0.2) is 0 Å². The van der Waals surface area contributed by atoms with Gasteiger partial charge in [0.15, 0.2) is 17.8 Å². The number of aliphatic hydroxyl groups is 2. The monoisotopic (exact) mass is 281 g/mol. The minimum Gasteiger partial charge on any atom is -0.493 e. The minimum absolute atomic E-state index is 0.148. The molecule has 0 spiro atoms. The van der Waals surface area contributed by atoms with Crippen molar-refractivity contribution < 1.29 is 24.5 Å². The molecule has 0 aromatic heterocycles. The number of benzene rings is 1. The van der Waals surface area contributed by atoms with Crippen molar-refractivity contribution in [3.8, 4) is 11.5 Å². The molecule has 0 saturated heterocycles. The van der Waals surface area contributed by atoms with Gasteiger partial charge >= 0.3 is 0 Å². The van der Waals surface area contributed by atoms with Crippen LogP contribution in [-0.4, -0.2) is 43.4 Å². The highest BCUT2D eigenvalue weighted by Crippen LogP contribution is 2.33. The number of ether oxygens (including phenoxy) is 2. The van der Waals surface area contributed by atoms with E-state index >= 15 is 0 Å². The van der Waals surface area contributed by atoms with E-state index in [0.29, 0.717) is 17.8 Å². The van der Waals surface area contributed by atoms with Crippen LogP contribution in [0.3, 0.4) is 0 Å². The van der Waals surface area contributed by atoms with Crippen molar-refractivity contribution in [2.75, 3.05) is 20.8 Å². The summed E-state index contributed by atoms with van der Waals surface area (Å²) >= 11 is 0. The molecule has 0 aliphatic heterocycles. The number of carbonyl (C=O) groups excluding carboxylic acids is 1. The predicted molar refractivity (Wildman–Crippen MR) is 69.9 cm³/mol. The fourth-order valence-electron chi connectivity index (χ4n) is 1.70. The molecule has 0 heterocycles. The lowest BCUT2D eigenvalue weighted by Gasteiger charge is -2.19. The molecule has 0 radical (unpaired) electrons. The van der Waals surface area contributed by atoms with Gasteiger partial charge in [0, 0.05) is 10.5 Å². The largest absolute Gasteiger partial charge is 0.493 e. The average Bonchev–Trinajstić information content (AvgIpc) is 2.50. The normalized spacial score (nSPS) is 13.0. The molecule has 0 saturated carbocycles. The van der Waals surface area contributed by atoms with E-state index in [1.807, 2.05) is 0 Å². The van der Waals surface area contributed by atoms with Crippen molar-refractivity contribution in [2.24, 2.45) is 5.11 Å². The zero-order valence-corrected chi connectivity index (χ0v) is 11.1. The van der Waals surface area contributed by atoms with Crippen molar-refractivity contribution >= 4 is 6.29 Å². The summed E-state index contributed by atoms with van der Waals surface area (Å²) < 4.78 is 10.1. The highest BCUT2D eigenvalue weighted by Gasteiger charge is 2.23. The Morgan fingerprint density at radius 3 is 2.45 bits per heavy atom. The molecule has 2 atom stereocenters. The molecule has 1 rings (SSSR count). The van der Waals surface area contributed by atoms with E-state index in [0.717, 1.165) is 0 Å². The van der Waals surface area contributed by atoms with E-state index in [2.05, 4.69) is 10.0 Å². The van der Waals surface area contributed by atoms with Crippen molar-refractivity contribution in [1.82, 2.24) is 0 Å². The molecule has 8 nitrogen and oxygen atoms in total. The molecule has 8 heteroatoms. The Kier molecular flexibility index (Phi) is 5.79. The molecule has 20 heavy (non-hydrogen) atoms. The Morgan fingerprint density at radius 2 is 1.95 bits per heavy atom. The maximum atomic E-state index is 11.1. The number of azide groups is 1. The zero-order chi connectivity index (χ0) is 15.1. The molecule has 108 valence electrons. The van der Waals surface area contributed by atoms with E-state index in [-0.39, 0.29) is 17.7 Å². The van der Waals surface area contributed by atoms with Gasteiger partial charge in [-0.1, -0.05) is 5.11 Å². The van der Waals surface area contributed by atoms with E-state index in [9.17, 15) is 15.0 Å². The molecule has 0 aliphatic rings. The molecule has 2 unspecified atom stereocenters. The van der Waals surface area contributed by atoms with Crippen LogP contribution in [0.2, 0.25) is 0 Å². The second kappa shape index (κ2) is 7.34. The molecule has 0 aliphatic carbocycles. The predicted octanol–water partition coefficient (Wildman–Crippen LogP) is 1.22. The van der Waals surface area contributed by atoms with Gasteiger partial charge in [0.05, 0.1) is 26.9 Å².